The van der Waals surface area contributed by atoms with Crippen LogP contribution in [0.3, 0.4) is 0 Å². The highest BCUT2D eigenvalue weighted by Crippen LogP contribution is 2.30. The molecular formula is C22H32N2O5S. The molecule has 1 aromatic carbocycles. The van der Waals surface area contributed by atoms with Gasteiger partial charge in [0, 0.05) is 18.7 Å². The van der Waals surface area contributed by atoms with Crippen LogP contribution in [0.5, 0.6) is 0 Å². The number of nitrogens with one attached hydrogen (secondary N) is 1. The van der Waals surface area contributed by atoms with Crippen molar-refractivity contribution in [3.63, 3.8) is 0 Å². The molecule has 1 saturated carbocycles. The summed E-state index contributed by atoms with van der Waals surface area (Å²) in [5, 5.41) is 2.85. The van der Waals surface area contributed by atoms with Gasteiger partial charge in [-0.2, -0.15) is 4.31 Å². The number of amides is 1. The molecule has 0 aromatic heterocycles. The zero-order valence-corrected chi connectivity index (χ0v) is 18.8. The van der Waals surface area contributed by atoms with Gasteiger partial charge in [-0.15, -0.1) is 0 Å². The van der Waals surface area contributed by atoms with E-state index in [1.54, 1.807) is 12.1 Å². The van der Waals surface area contributed by atoms with E-state index in [4.69, 9.17) is 4.74 Å². The first kappa shape index (κ1) is 22.7. The lowest BCUT2D eigenvalue weighted by molar-refractivity contribution is -0.149. The quantitative estimate of drug-likeness (QED) is 0.717. The van der Waals surface area contributed by atoms with Crippen LogP contribution in [0.4, 0.5) is 0 Å². The largest absolute Gasteiger partial charge is 0.467 e. The van der Waals surface area contributed by atoms with Gasteiger partial charge >= 0.3 is 5.97 Å². The summed E-state index contributed by atoms with van der Waals surface area (Å²) >= 11 is 0. The molecule has 1 aliphatic heterocycles. The van der Waals surface area contributed by atoms with Crippen LogP contribution in [0.1, 0.15) is 62.7 Å². The first-order valence-corrected chi connectivity index (χ1v) is 12.1. The van der Waals surface area contributed by atoms with Crippen molar-refractivity contribution >= 4 is 21.9 Å². The Morgan fingerprint density at radius 3 is 2.33 bits per heavy atom. The summed E-state index contributed by atoms with van der Waals surface area (Å²) in [4.78, 5) is 25.5. The van der Waals surface area contributed by atoms with Crippen molar-refractivity contribution in [2.45, 2.75) is 62.8 Å². The van der Waals surface area contributed by atoms with Crippen LogP contribution in [0, 0.1) is 11.8 Å². The number of carbonyl (C=O) groups excluding carboxylic acids is 2. The summed E-state index contributed by atoms with van der Waals surface area (Å²) in [5.41, 5.74) is -0.820. The maximum Gasteiger partial charge on any atom is 0.331 e. The number of nitrogens with zero attached hydrogens (tertiary/aromatic N) is 1. The molecule has 0 bridgehead atoms. The Kier molecular flexibility index (Phi) is 6.87. The molecule has 1 N–H and O–H groups in total. The predicted molar refractivity (Wildman–Crippen MR) is 113 cm³/mol. The molecule has 3 rings (SSSR count). The Morgan fingerprint density at radius 2 is 1.73 bits per heavy atom. The SMILES string of the molecule is COC(=O)C1(NC(=O)c2cccc(S(=O)(=O)N3C[C@H](C)C[C@H](C)C3)c2)CCCCC1. The second-order valence-electron chi connectivity index (χ2n) is 8.88. The van der Waals surface area contributed by atoms with Gasteiger partial charge < -0.3 is 10.1 Å². The number of hydrogen-bond acceptors (Lipinski definition) is 5. The molecule has 1 aliphatic carbocycles. The lowest BCUT2D eigenvalue weighted by Crippen LogP contribution is -2.56. The summed E-state index contributed by atoms with van der Waals surface area (Å²) in [6.45, 7) is 5.07. The van der Waals surface area contributed by atoms with Crippen LogP contribution < -0.4 is 5.32 Å². The number of hydrogen-bond donors (Lipinski definition) is 1. The number of benzene rings is 1. The lowest BCUT2D eigenvalue weighted by atomic mass is 9.81. The zero-order chi connectivity index (χ0) is 21.9. The predicted octanol–water partition coefficient (Wildman–Crippen LogP) is 2.96. The second kappa shape index (κ2) is 9.06. The standard InChI is InChI=1S/C22H32N2O5S/c1-16-12-17(2)15-24(14-16)30(27,28)19-9-7-8-18(13-19)20(25)23-22(21(26)29-3)10-5-4-6-11-22/h7-9,13,16-17H,4-6,10-12,14-15H2,1-3H3,(H,23,25)/t16-,17+. The van der Waals surface area contributed by atoms with Gasteiger partial charge in [0.25, 0.3) is 5.91 Å². The smallest absolute Gasteiger partial charge is 0.331 e. The Labute approximate surface area is 179 Å². The third-order valence-corrected chi connectivity index (χ3v) is 8.03. The normalized spacial score (nSPS) is 24.8. The van der Waals surface area contributed by atoms with E-state index in [9.17, 15) is 18.0 Å². The molecule has 2 fully saturated rings. The van der Waals surface area contributed by atoms with Crippen LogP contribution in [-0.4, -0.2) is 50.3 Å². The van der Waals surface area contributed by atoms with Gasteiger partial charge in [0.05, 0.1) is 12.0 Å². The maximum atomic E-state index is 13.2. The molecule has 30 heavy (non-hydrogen) atoms. The molecule has 1 amide bonds. The van der Waals surface area contributed by atoms with E-state index in [1.807, 2.05) is 0 Å². The van der Waals surface area contributed by atoms with E-state index < -0.39 is 27.4 Å². The van der Waals surface area contributed by atoms with Crippen LogP contribution >= 0.6 is 0 Å². The van der Waals surface area contributed by atoms with E-state index in [1.165, 1.54) is 23.5 Å². The summed E-state index contributed by atoms with van der Waals surface area (Å²) in [7, 11) is -2.37. The molecule has 166 valence electrons. The molecule has 0 unspecified atom stereocenters. The molecule has 7 nitrogen and oxygen atoms in total. The van der Waals surface area contributed by atoms with E-state index in [-0.39, 0.29) is 10.5 Å². The maximum absolute atomic E-state index is 13.2. The zero-order valence-electron chi connectivity index (χ0n) is 18.0. The molecule has 1 aromatic rings. The van der Waals surface area contributed by atoms with Gasteiger partial charge in [0.2, 0.25) is 10.0 Å². The number of methoxy groups -OCH3 is 1. The highest BCUT2D eigenvalue weighted by molar-refractivity contribution is 7.89. The monoisotopic (exact) mass is 436 g/mol. The van der Waals surface area contributed by atoms with Crippen molar-refractivity contribution in [3.8, 4) is 0 Å². The van der Waals surface area contributed by atoms with Crippen molar-refractivity contribution in [2.24, 2.45) is 11.8 Å². The fourth-order valence-corrected chi connectivity index (χ4v) is 6.50. The summed E-state index contributed by atoms with van der Waals surface area (Å²) in [6, 6.07) is 6.07. The van der Waals surface area contributed by atoms with E-state index in [0.29, 0.717) is 37.8 Å². The summed E-state index contributed by atoms with van der Waals surface area (Å²) < 4.78 is 32.8. The van der Waals surface area contributed by atoms with Crippen LogP contribution in [0.25, 0.3) is 0 Å². The minimum Gasteiger partial charge on any atom is -0.467 e. The Hall–Kier alpha value is -1.93. The molecule has 0 radical (unpaired) electrons. The number of rotatable bonds is 5. The van der Waals surface area contributed by atoms with E-state index >= 15 is 0 Å². The Balaban J connectivity index is 1.84. The Bertz CT molecular complexity index is 883. The van der Waals surface area contributed by atoms with Crippen molar-refractivity contribution < 1.29 is 22.7 Å². The molecule has 2 atom stereocenters. The van der Waals surface area contributed by atoms with Gasteiger partial charge in [0.1, 0.15) is 5.54 Å². The van der Waals surface area contributed by atoms with Crippen LogP contribution in [-0.2, 0) is 19.6 Å². The van der Waals surface area contributed by atoms with E-state index in [0.717, 1.165) is 25.7 Å². The minimum absolute atomic E-state index is 0.104. The van der Waals surface area contributed by atoms with Gasteiger partial charge in [-0.1, -0.05) is 39.2 Å². The van der Waals surface area contributed by atoms with Crippen molar-refractivity contribution in [3.05, 3.63) is 29.8 Å². The third-order valence-electron chi connectivity index (χ3n) is 6.21. The average molecular weight is 437 g/mol. The first-order valence-electron chi connectivity index (χ1n) is 10.7. The first-order chi connectivity index (χ1) is 14.2. The summed E-state index contributed by atoms with van der Waals surface area (Å²) in [5.74, 6) is -0.321. The molecular weight excluding hydrogens is 404 g/mol. The minimum atomic E-state index is -3.69. The Morgan fingerprint density at radius 1 is 1.10 bits per heavy atom. The van der Waals surface area contributed by atoms with E-state index in [2.05, 4.69) is 19.2 Å². The van der Waals surface area contributed by atoms with Crippen molar-refractivity contribution in [2.75, 3.05) is 20.2 Å². The van der Waals surface area contributed by atoms with Crippen molar-refractivity contribution in [1.82, 2.24) is 9.62 Å². The van der Waals surface area contributed by atoms with Gasteiger partial charge in [-0.25, -0.2) is 13.2 Å². The van der Waals surface area contributed by atoms with Crippen LogP contribution in [0.2, 0.25) is 0 Å². The number of esters is 1. The number of ether oxygens (including phenoxy) is 1. The highest BCUT2D eigenvalue weighted by atomic mass is 32.2. The second-order valence-corrected chi connectivity index (χ2v) is 10.8. The number of piperidine rings is 1. The molecule has 8 heteroatoms. The third kappa shape index (κ3) is 4.70. The molecule has 0 spiro atoms. The average Bonchev–Trinajstić information content (AvgIpc) is 2.73. The van der Waals surface area contributed by atoms with Crippen molar-refractivity contribution in [1.29, 1.82) is 0 Å². The summed E-state index contributed by atoms with van der Waals surface area (Å²) in [6.07, 6.45) is 4.71. The molecule has 1 heterocycles. The van der Waals surface area contributed by atoms with Gasteiger partial charge in [-0.3, -0.25) is 4.79 Å². The fraction of sp³-hybridized carbons (Fsp3) is 0.636. The lowest BCUT2D eigenvalue weighted by Gasteiger charge is -2.35. The number of sulfonamides is 1. The number of carbonyl (C=O) groups is 2. The highest BCUT2D eigenvalue weighted by Gasteiger charge is 2.42. The fourth-order valence-electron chi connectivity index (χ4n) is 4.77. The van der Waals surface area contributed by atoms with Crippen LogP contribution in [0.15, 0.2) is 29.2 Å². The molecule has 1 saturated heterocycles. The topological polar surface area (TPSA) is 92.8 Å². The molecule has 2 aliphatic rings. The van der Waals surface area contributed by atoms with Gasteiger partial charge in [-0.05, 0) is 49.3 Å². The van der Waals surface area contributed by atoms with Gasteiger partial charge in [0.15, 0.2) is 0 Å².